The Morgan fingerprint density at radius 1 is 1.35 bits per heavy atom. The van der Waals surface area contributed by atoms with Gasteiger partial charge in [0, 0.05) is 29.4 Å². The van der Waals surface area contributed by atoms with E-state index in [-0.39, 0.29) is 6.10 Å². The summed E-state index contributed by atoms with van der Waals surface area (Å²) in [6, 6.07) is 4.51. The fourth-order valence-corrected chi connectivity index (χ4v) is 3.56. The van der Waals surface area contributed by atoms with Crippen molar-refractivity contribution in [2.24, 2.45) is 5.92 Å². The predicted molar refractivity (Wildman–Crippen MR) is 73.4 cm³/mol. The topological polar surface area (TPSA) is 23.5 Å². The van der Waals surface area contributed by atoms with Gasteiger partial charge in [0.1, 0.15) is 0 Å². The minimum atomic E-state index is -0.0780. The predicted octanol–water partition coefficient (Wildman–Crippen LogP) is 2.90. The summed E-state index contributed by atoms with van der Waals surface area (Å²) >= 11 is 1.93. The van der Waals surface area contributed by atoms with E-state index in [0.29, 0.717) is 5.92 Å². The molecule has 1 aromatic heterocycles. The Kier molecular flexibility index (Phi) is 4.60. The number of aryl methyl sites for hydroxylation is 1. The molecule has 0 aromatic carbocycles. The standard InChI is InChI=1S/C14H23NOS/c1-3-11-9-15(8-7-14(11)16)10-13-6-5-12(4-2)17-13/h5-6,11,14,16H,3-4,7-10H2,1-2H3. The van der Waals surface area contributed by atoms with E-state index in [0.717, 1.165) is 38.9 Å². The number of rotatable bonds is 4. The largest absolute Gasteiger partial charge is 0.393 e. The average Bonchev–Trinajstić information content (AvgIpc) is 2.79. The maximum Gasteiger partial charge on any atom is 0.0592 e. The molecular formula is C14H23NOS. The van der Waals surface area contributed by atoms with Gasteiger partial charge in [-0.3, -0.25) is 4.90 Å². The molecular weight excluding hydrogens is 230 g/mol. The summed E-state index contributed by atoms with van der Waals surface area (Å²) in [6.07, 6.45) is 3.08. The minimum Gasteiger partial charge on any atom is -0.393 e. The zero-order valence-corrected chi connectivity index (χ0v) is 11.7. The van der Waals surface area contributed by atoms with Crippen LogP contribution < -0.4 is 0 Å². The molecule has 1 aliphatic heterocycles. The fourth-order valence-electron chi connectivity index (χ4n) is 2.56. The van der Waals surface area contributed by atoms with Crippen LogP contribution in [0.5, 0.6) is 0 Å². The Bertz CT molecular complexity index is 350. The molecule has 17 heavy (non-hydrogen) atoms. The van der Waals surface area contributed by atoms with Crippen molar-refractivity contribution in [1.29, 1.82) is 0 Å². The molecule has 0 radical (unpaired) electrons. The first-order valence-corrected chi connectivity index (χ1v) is 7.52. The molecule has 1 aliphatic rings. The smallest absolute Gasteiger partial charge is 0.0592 e. The van der Waals surface area contributed by atoms with Crippen LogP contribution in [0.3, 0.4) is 0 Å². The van der Waals surface area contributed by atoms with Gasteiger partial charge in [0.25, 0.3) is 0 Å². The monoisotopic (exact) mass is 253 g/mol. The third kappa shape index (κ3) is 3.30. The Balaban J connectivity index is 1.90. The number of aliphatic hydroxyl groups excluding tert-OH is 1. The van der Waals surface area contributed by atoms with Gasteiger partial charge in [-0.05, 0) is 37.3 Å². The van der Waals surface area contributed by atoms with Crippen molar-refractivity contribution in [2.45, 2.75) is 45.8 Å². The highest BCUT2D eigenvalue weighted by Gasteiger charge is 2.26. The van der Waals surface area contributed by atoms with E-state index in [4.69, 9.17) is 0 Å². The van der Waals surface area contributed by atoms with Crippen molar-refractivity contribution in [3.63, 3.8) is 0 Å². The third-order valence-corrected chi connectivity index (χ3v) is 4.96. The summed E-state index contributed by atoms with van der Waals surface area (Å²) in [6.45, 7) is 7.54. The number of nitrogens with zero attached hydrogens (tertiary/aromatic N) is 1. The Morgan fingerprint density at radius 2 is 2.12 bits per heavy atom. The summed E-state index contributed by atoms with van der Waals surface area (Å²) in [5.74, 6) is 0.467. The summed E-state index contributed by atoms with van der Waals surface area (Å²) in [4.78, 5) is 5.43. The summed E-state index contributed by atoms with van der Waals surface area (Å²) < 4.78 is 0. The van der Waals surface area contributed by atoms with Crippen molar-refractivity contribution < 1.29 is 5.11 Å². The first kappa shape index (κ1) is 13.1. The van der Waals surface area contributed by atoms with Crippen molar-refractivity contribution in [3.8, 4) is 0 Å². The van der Waals surface area contributed by atoms with E-state index in [1.54, 1.807) is 0 Å². The van der Waals surface area contributed by atoms with Gasteiger partial charge < -0.3 is 5.11 Å². The second-order valence-electron chi connectivity index (χ2n) is 4.98. The molecule has 0 aliphatic carbocycles. The number of hydrogen-bond acceptors (Lipinski definition) is 3. The highest BCUT2D eigenvalue weighted by Crippen LogP contribution is 2.24. The second kappa shape index (κ2) is 5.98. The SMILES string of the molecule is CCc1ccc(CN2CCC(O)C(CC)C2)s1. The molecule has 96 valence electrons. The third-order valence-electron chi connectivity index (χ3n) is 3.75. The lowest BCUT2D eigenvalue weighted by Crippen LogP contribution is -2.42. The van der Waals surface area contributed by atoms with Crippen LogP contribution in [0.4, 0.5) is 0 Å². The number of hydrogen-bond donors (Lipinski definition) is 1. The van der Waals surface area contributed by atoms with Gasteiger partial charge in [-0.2, -0.15) is 0 Å². The van der Waals surface area contributed by atoms with Gasteiger partial charge >= 0.3 is 0 Å². The van der Waals surface area contributed by atoms with Crippen molar-refractivity contribution in [1.82, 2.24) is 4.90 Å². The molecule has 2 rings (SSSR count). The maximum atomic E-state index is 9.87. The molecule has 2 nitrogen and oxygen atoms in total. The van der Waals surface area contributed by atoms with Gasteiger partial charge in [-0.25, -0.2) is 0 Å². The molecule has 1 saturated heterocycles. The van der Waals surface area contributed by atoms with E-state index in [9.17, 15) is 5.11 Å². The lowest BCUT2D eigenvalue weighted by atomic mass is 9.92. The van der Waals surface area contributed by atoms with Gasteiger partial charge in [-0.1, -0.05) is 13.8 Å². The van der Waals surface area contributed by atoms with E-state index >= 15 is 0 Å². The average molecular weight is 253 g/mol. The zero-order chi connectivity index (χ0) is 12.3. The Labute approximate surface area is 108 Å². The van der Waals surface area contributed by atoms with Crippen LogP contribution in [-0.4, -0.2) is 29.2 Å². The molecule has 0 bridgehead atoms. The molecule has 0 saturated carbocycles. The molecule has 0 spiro atoms. The van der Waals surface area contributed by atoms with Crippen LogP contribution in [0.2, 0.25) is 0 Å². The van der Waals surface area contributed by atoms with E-state index < -0.39 is 0 Å². The van der Waals surface area contributed by atoms with E-state index in [2.05, 4.69) is 30.9 Å². The summed E-state index contributed by atoms with van der Waals surface area (Å²) in [5.41, 5.74) is 0. The highest BCUT2D eigenvalue weighted by molar-refractivity contribution is 7.11. The van der Waals surface area contributed by atoms with Gasteiger partial charge in [0.2, 0.25) is 0 Å². The van der Waals surface area contributed by atoms with Gasteiger partial charge in [-0.15, -0.1) is 11.3 Å². The Morgan fingerprint density at radius 3 is 2.76 bits per heavy atom. The van der Waals surface area contributed by atoms with Crippen molar-refractivity contribution >= 4 is 11.3 Å². The quantitative estimate of drug-likeness (QED) is 0.892. The molecule has 0 amide bonds. The Hall–Kier alpha value is -0.380. The number of aliphatic hydroxyl groups is 1. The molecule has 3 heteroatoms. The number of thiophene rings is 1. The van der Waals surface area contributed by atoms with Crippen LogP contribution in [0, 0.1) is 5.92 Å². The lowest BCUT2D eigenvalue weighted by molar-refractivity contribution is 0.0225. The molecule has 2 atom stereocenters. The number of piperidine rings is 1. The minimum absolute atomic E-state index is 0.0780. The summed E-state index contributed by atoms with van der Waals surface area (Å²) in [7, 11) is 0. The van der Waals surface area contributed by atoms with Gasteiger partial charge in [0.15, 0.2) is 0 Å². The zero-order valence-electron chi connectivity index (χ0n) is 10.9. The van der Waals surface area contributed by atoms with Crippen LogP contribution in [0.15, 0.2) is 12.1 Å². The second-order valence-corrected chi connectivity index (χ2v) is 6.23. The van der Waals surface area contributed by atoms with Crippen LogP contribution in [0.1, 0.15) is 36.4 Å². The molecule has 1 aromatic rings. The van der Waals surface area contributed by atoms with Crippen LogP contribution in [0.25, 0.3) is 0 Å². The normalized spacial score (nSPS) is 26.3. The van der Waals surface area contributed by atoms with Crippen LogP contribution in [-0.2, 0) is 13.0 Å². The molecule has 1 fully saturated rings. The number of likely N-dealkylation sites (tertiary alicyclic amines) is 1. The molecule has 2 unspecified atom stereocenters. The van der Waals surface area contributed by atoms with E-state index in [1.165, 1.54) is 9.75 Å². The lowest BCUT2D eigenvalue weighted by Gasteiger charge is -2.35. The van der Waals surface area contributed by atoms with Crippen LogP contribution >= 0.6 is 11.3 Å². The van der Waals surface area contributed by atoms with Crippen molar-refractivity contribution in [2.75, 3.05) is 13.1 Å². The maximum absolute atomic E-state index is 9.87. The van der Waals surface area contributed by atoms with Gasteiger partial charge in [0.05, 0.1) is 6.10 Å². The van der Waals surface area contributed by atoms with Crippen molar-refractivity contribution in [3.05, 3.63) is 21.9 Å². The fraction of sp³-hybridized carbons (Fsp3) is 0.714. The molecule has 1 N–H and O–H groups in total. The first-order chi connectivity index (χ1) is 8.22. The van der Waals surface area contributed by atoms with E-state index in [1.807, 2.05) is 11.3 Å². The first-order valence-electron chi connectivity index (χ1n) is 6.71. The summed E-state index contributed by atoms with van der Waals surface area (Å²) in [5, 5.41) is 9.87. The molecule has 2 heterocycles. The highest BCUT2D eigenvalue weighted by atomic mass is 32.1.